The summed E-state index contributed by atoms with van der Waals surface area (Å²) in [7, 11) is 0. The van der Waals surface area contributed by atoms with E-state index in [-0.39, 0.29) is 11.8 Å². The van der Waals surface area contributed by atoms with E-state index in [9.17, 15) is 0 Å². The first kappa shape index (κ1) is 12.0. The van der Waals surface area contributed by atoms with Crippen molar-refractivity contribution in [1.82, 2.24) is 0 Å². The summed E-state index contributed by atoms with van der Waals surface area (Å²) in [4.78, 5) is 0. The smallest absolute Gasteiger partial charge is 0.0472 e. The number of nitrogens with zero attached hydrogens (tertiary/aromatic N) is 2. The van der Waals surface area contributed by atoms with Gasteiger partial charge in [0.2, 0.25) is 0 Å². The molecule has 0 amide bonds. The van der Waals surface area contributed by atoms with Gasteiger partial charge in [-0.1, -0.05) is 20.8 Å². The molecule has 0 aromatic rings. The van der Waals surface area contributed by atoms with Gasteiger partial charge in [0.05, 0.1) is 0 Å². The Morgan fingerprint density at radius 3 is 2.13 bits per heavy atom. The van der Waals surface area contributed by atoms with Gasteiger partial charge in [-0.25, -0.2) is 0 Å². The number of hydrogen-bond donors (Lipinski definition) is 2. The molecule has 5 atom stereocenters. The lowest BCUT2D eigenvalue weighted by Gasteiger charge is -2.40. The number of oxime groups is 2. The number of rotatable bonds is 2. The van der Waals surface area contributed by atoms with E-state index in [4.69, 9.17) is 10.4 Å². The molecule has 4 heteroatoms. The standard InChI is InChI=1S/C11H20N2O2/c1-7-4-10(5-12-14)9(3)11(6-13-15)8(7)2/h5-11,14-15H,4H2,1-3H3/b12-5+,13-6+. The van der Waals surface area contributed by atoms with Crippen LogP contribution in [0.5, 0.6) is 0 Å². The molecule has 86 valence electrons. The van der Waals surface area contributed by atoms with Crippen molar-refractivity contribution >= 4 is 12.4 Å². The Morgan fingerprint density at radius 1 is 1.00 bits per heavy atom. The minimum Gasteiger partial charge on any atom is -0.411 e. The monoisotopic (exact) mass is 212 g/mol. The summed E-state index contributed by atoms with van der Waals surface area (Å²) in [6.45, 7) is 6.48. The Morgan fingerprint density at radius 2 is 1.60 bits per heavy atom. The van der Waals surface area contributed by atoms with Crippen LogP contribution >= 0.6 is 0 Å². The van der Waals surface area contributed by atoms with Crippen LogP contribution in [-0.2, 0) is 0 Å². The lowest BCUT2D eigenvalue weighted by Crippen LogP contribution is -2.38. The van der Waals surface area contributed by atoms with Crippen LogP contribution in [0.25, 0.3) is 0 Å². The highest BCUT2D eigenvalue weighted by Gasteiger charge is 2.37. The van der Waals surface area contributed by atoms with E-state index >= 15 is 0 Å². The van der Waals surface area contributed by atoms with Crippen LogP contribution in [0.1, 0.15) is 27.2 Å². The molecule has 0 radical (unpaired) electrons. The summed E-state index contributed by atoms with van der Waals surface area (Å²) < 4.78 is 0. The van der Waals surface area contributed by atoms with Crippen LogP contribution in [0.15, 0.2) is 10.3 Å². The van der Waals surface area contributed by atoms with E-state index in [1.807, 2.05) is 0 Å². The molecule has 1 aliphatic carbocycles. The molecular formula is C11H20N2O2. The average Bonchev–Trinajstić information content (AvgIpc) is 2.21. The lowest BCUT2D eigenvalue weighted by atomic mass is 9.64. The fraction of sp³-hybridized carbons (Fsp3) is 0.818. The lowest BCUT2D eigenvalue weighted by molar-refractivity contribution is 0.141. The van der Waals surface area contributed by atoms with Crippen LogP contribution in [0.3, 0.4) is 0 Å². The van der Waals surface area contributed by atoms with Crippen molar-refractivity contribution in [2.45, 2.75) is 27.2 Å². The highest BCUT2D eigenvalue weighted by Crippen LogP contribution is 2.40. The Labute approximate surface area is 90.7 Å². The quantitative estimate of drug-likeness (QED) is 0.419. The second-order valence-electron chi connectivity index (χ2n) is 4.70. The van der Waals surface area contributed by atoms with Gasteiger partial charge in [-0.3, -0.25) is 0 Å². The van der Waals surface area contributed by atoms with Crippen molar-refractivity contribution in [2.24, 2.45) is 39.9 Å². The molecule has 0 bridgehead atoms. The molecule has 5 unspecified atom stereocenters. The molecule has 15 heavy (non-hydrogen) atoms. The first-order valence-corrected chi connectivity index (χ1v) is 5.46. The fourth-order valence-corrected chi connectivity index (χ4v) is 2.63. The number of hydrogen-bond acceptors (Lipinski definition) is 4. The minimum atomic E-state index is 0.252. The van der Waals surface area contributed by atoms with Gasteiger partial charge in [0, 0.05) is 24.3 Å². The summed E-state index contributed by atoms with van der Waals surface area (Å²) in [6, 6.07) is 0. The van der Waals surface area contributed by atoms with Crippen molar-refractivity contribution in [3.8, 4) is 0 Å². The maximum Gasteiger partial charge on any atom is 0.0472 e. The Bertz CT molecular complexity index is 253. The summed E-state index contributed by atoms with van der Waals surface area (Å²) in [5, 5.41) is 23.5. The van der Waals surface area contributed by atoms with Gasteiger partial charge in [-0.2, -0.15) is 0 Å². The fourth-order valence-electron chi connectivity index (χ4n) is 2.63. The molecule has 1 saturated carbocycles. The summed E-state index contributed by atoms with van der Waals surface area (Å²) >= 11 is 0. The van der Waals surface area contributed by atoms with Gasteiger partial charge in [-0.15, -0.1) is 10.3 Å². The van der Waals surface area contributed by atoms with Gasteiger partial charge >= 0.3 is 0 Å². The summed E-state index contributed by atoms with van der Waals surface area (Å²) in [6.07, 6.45) is 4.25. The zero-order chi connectivity index (χ0) is 11.4. The average molecular weight is 212 g/mol. The van der Waals surface area contributed by atoms with Crippen LogP contribution < -0.4 is 0 Å². The predicted molar refractivity (Wildman–Crippen MR) is 59.6 cm³/mol. The topological polar surface area (TPSA) is 65.2 Å². The molecule has 0 saturated heterocycles. The SMILES string of the molecule is CC1CC(/C=N/O)C(C)C(/C=N/O)C1C. The van der Waals surface area contributed by atoms with Crippen LogP contribution in [-0.4, -0.2) is 22.8 Å². The second kappa shape index (κ2) is 5.14. The third-order valence-electron chi connectivity index (χ3n) is 3.93. The van der Waals surface area contributed by atoms with Crippen molar-refractivity contribution in [2.75, 3.05) is 0 Å². The maximum absolute atomic E-state index is 8.64. The van der Waals surface area contributed by atoms with E-state index in [1.54, 1.807) is 12.4 Å². The van der Waals surface area contributed by atoms with Gasteiger partial charge in [0.25, 0.3) is 0 Å². The van der Waals surface area contributed by atoms with Crippen molar-refractivity contribution in [1.29, 1.82) is 0 Å². The zero-order valence-corrected chi connectivity index (χ0v) is 9.54. The third-order valence-corrected chi connectivity index (χ3v) is 3.93. The van der Waals surface area contributed by atoms with Gasteiger partial charge in [0.15, 0.2) is 0 Å². The Kier molecular flexibility index (Phi) is 4.12. The van der Waals surface area contributed by atoms with E-state index in [0.29, 0.717) is 17.8 Å². The van der Waals surface area contributed by atoms with Gasteiger partial charge < -0.3 is 10.4 Å². The predicted octanol–water partition coefficient (Wildman–Crippen LogP) is 2.45. The van der Waals surface area contributed by atoms with Crippen molar-refractivity contribution in [3.05, 3.63) is 0 Å². The second-order valence-corrected chi connectivity index (χ2v) is 4.70. The van der Waals surface area contributed by atoms with Crippen molar-refractivity contribution < 1.29 is 10.4 Å². The van der Waals surface area contributed by atoms with Crippen molar-refractivity contribution in [3.63, 3.8) is 0 Å². The molecule has 0 aromatic carbocycles. The molecule has 4 nitrogen and oxygen atoms in total. The van der Waals surface area contributed by atoms with Crippen LogP contribution in [0.4, 0.5) is 0 Å². The third kappa shape index (κ3) is 2.49. The molecule has 0 aliphatic heterocycles. The zero-order valence-electron chi connectivity index (χ0n) is 9.54. The van der Waals surface area contributed by atoms with Gasteiger partial charge in [-0.05, 0) is 24.2 Å². The minimum absolute atomic E-state index is 0.252. The molecule has 1 fully saturated rings. The highest BCUT2D eigenvalue weighted by molar-refractivity contribution is 5.65. The molecule has 1 rings (SSSR count). The highest BCUT2D eigenvalue weighted by atomic mass is 16.4. The summed E-state index contributed by atoms with van der Waals surface area (Å²) in [5.74, 6) is 1.92. The first-order chi connectivity index (χ1) is 7.11. The molecule has 0 heterocycles. The van der Waals surface area contributed by atoms with Crippen LogP contribution in [0, 0.1) is 29.6 Å². The molecule has 0 spiro atoms. The van der Waals surface area contributed by atoms with E-state index in [1.165, 1.54) is 0 Å². The Hall–Kier alpha value is -1.06. The normalized spacial score (nSPS) is 42.7. The molecule has 1 aliphatic rings. The maximum atomic E-state index is 8.64. The van der Waals surface area contributed by atoms with Gasteiger partial charge in [0.1, 0.15) is 0 Å². The molecule has 2 N–H and O–H groups in total. The van der Waals surface area contributed by atoms with E-state index in [0.717, 1.165) is 6.42 Å². The Balaban J connectivity index is 2.83. The largest absolute Gasteiger partial charge is 0.411 e. The molecular weight excluding hydrogens is 192 g/mol. The van der Waals surface area contributed by atoms with E-state index in [2.05, 4.69) is 31.1 Å². The molecule has 0 aromatic heterocycles. The van der Waals surface area contributed by atoms with Crippen LogP contribution in [0.2, 0.25) is 0 Å². The first-order valence-electron chi connectivity index (χ1n) is 5.46. The van der Waals surface area contributed by atoms with E-state index < -0.39 is 0 Å². The summed E-state index contributed by atoms with van der Waals surface area (Å²) in [5.41, 5.74) is 0.